The predicted octanol–water partition coefficient (Wildman–Crippen LogP) is 5.83. The maximum atomic E-state index is 15.2. The Morgan fingerprint density at radius 3 is 2.39 bits per heavy atom. The van der Waals surface area contributed by atoms with Gasteiger partial charge in [0.15, 0.2) is 5.16 Å². The van der Waals surface area contributed by atoms with Gasteiger partial charge in [0.1, 0.15) is 16.2 Å². The fraction of sp³-hybridized carbons (Fsp3) is 0.360. The molecule has 3 aromatic rings. The van der Waals surface area contributed by atoms with Crippen LogP contribution in [0.5, 0.6) is 0 Å². The van der Waals surface area contributed by atoms with Crippen molar-refractivity contribution in [2.45, 2.75) is 56.7 Å². The quantitative estimate of drug-likeness (QED) is 0.280. The topological polar surface area (TPSA) is 97.0 Å². The van der Waals surface area contributed by atoms with Gasteiger partial charge in [-0.15, -0.1) is 0 Å². The molecule has 0 unspecified atom stereocenters. The van der Waals surface area contributed by atoms with Crippen LogP contribution >= 0.6 is 27.7 Å². The molecular weight excluding hydrogens is 554 g/mol. The van der Waals surface area contributed by atoms with Gasteiger partial charge in [-0.3, -0.25) is 9.36 Å². The molecule has 0 fully saturated rings. The lowest BCUT2D eigenvalue weighted by Crippen LogP contribution is -2.51. The number of nitrogens with one attached hydrogen (secondary N) is 1. The third-order valence-corrected chi connectivity index (χ3v) is 6.52. The highest BCUT2D eigenvalue weighted by Crippen LogP contribution is 2.39. The summed E-state index contributed by atoms with van der Waals surface area (Å²) in [6.45, 7) is 8.21. The Morgan fingerprint density at radius 1 is 1.17 bits per heavy atom. The van der Waals surface area contributed by atoms with Gasteiger partial charge in [-0.2, -0.15) is 14.0 Å². The smallest absolute Gasteiger partial charge is 0.377 e. The molecule has 0 aliphatic carbocycles. The van der Waals surface area contributed by atoms with Crippen LogP contribution in [0.15, 0.2) is 52.4 Å². The first-order chi connectivity index (χ1) is 16.7. The van der Waals surface area contributed by atoms with E-state index in [0.717, 1.165) is 0 Å². The van der Waals surface area contributed by atoms with Crippen LogP contribution in [0.2, 0.25) is 0 Å². The number of carbonyl (C=O) groups excluding carboxylic acids is 2. The van der Waals surface area contributed by atoms with Gasteiger partial charge in [-0.05, 0) is 66.5 Å². The molecule has 2 aromatic carbocycles. The highest BCUT2D eigenvalue weighted by Gasteiger charge is 2.44. The van der Waals surface area contributed by atoms with Gasteiger partial charge in [0.2, 0.25) is 0 Å². The van der Waals surface area contributed by atoms with E-state index in [1.807, 2.05) is 0 Å². The molecule has 0 spiro atoms. The zero-order valence-corrected chi connectivity index (χ0v) is 22.7. The molecule has 1 amide bonds. The molecule has 1 heterocycles. The maximum Gasteiger partial charge on any atom is 0.377 e. The maximum absolute atomic E-state index is 15.2. The molecule has 1 N–H and O–H groups in total. The number of carbonyl (C=O) groups is 2. The number of ether oxygens (including phenoxy) is 1. The second-order valence-corrected chi connectivity index (χ2v) is 11.2. The van der Waals surface area contributed by atoms with E-state index in [2.05, 4.69) is 32.3 Å². The van der Waals surface area contributed by atoms with Gasteiger partial charge in [0, 0.05) is 10.8 Å². The molecule has 0 saturated carbocycles. The molecule has 36 heavy (non-hydrogen) atoms. The Hall–Kier alpha value is -2.97. The van der Waals surface area contributed by atoms with Crippen LogP contribution < -0.4 is 5.32 Å². The van der Waals surface area contributed by atoms with E-state index in [-0.39, 0.29) is 16.9 Å². The van der Waals surface area contributed by atoms with Crippen molar-refractivity contribution < 1.29 is 23.1 Å². The minimum Gasteiger partial charge on any atom is -0.458 e. The average Bonchev–Trinajstić information content (AvgIpc) is 3.13. The van der Waals surface area contributed by atoms with E-state index < -0.39 is 34.7 Å². The molecule has 11 heteroatoms. The predicted molar refractivity (Wildman–Crippen MR) is 137 cm³/mol. The molecule has 0 bridgehead atoms. The summed E-state index contributed by atoms with van der Waals surface area (Å²) in [6, 6.07) is 11.2. The molecule has 0 aliphatic rings. The number of esters is 1. The zero-order valence-electron chi connectivity index (χ0n) is 20.3. The number of nitriles is 1. The number of thioether (sulfide) groups is 1. The molecular formula is C25H25BrF2N4O3S. The lowest BCUT2D eigenvalue weighted by Gasteiger charge is -2.27. The van der Waals surface area contributed by atoms with Crippen LogP contribution in [0.25, 0.3) is 16.5 Å². The molecule has 3 rings (SSSR count). The molecule has 7 nitrogen and oxygen atoms in total. The van der Waals surface area contributed by atoms with Crippen molar-refractivity contribution in [3.63, 3.8) is 0 Å². The Balaban J connectivity index is 1.93. The first-order valence-electron chi connectivity index (χ1n) is 11.0. The summed E-state index contributed by atoms with van der Waals surface area (Å²) in [5.41, 5.74) is 0.0977. The average molecular weight is 579 g/mol. The Morgan fingerprint density at radius 2 is 1.81 bits per heavy atom. The van der Waals surface area contributed by atoms with Gasteiger partial charge in [0.05, 0.1) is 23.5 Å². The van der Waals surface area contributed by atoms with E-state index in [9.17, 15) is 14.9 Å². The van der Waals surface area contributed by atoms with Crippen LogP contribution in [0.4, 0.5) is 8.78 Å². The number of hydrogen-bond acceptors (Lipinski definition) is 6. The standard InChI is InChI=1S/C25H25BrF2N4O3S/c1-14(2)20(21(33)35-24(3,4)5)31-22(34)25(27,28)36-23-30-13-19(26)32(23)18-11-10-15(12-29)16-8-6-7-9-17(16)18/h6-11,13-14,20H,1-5H3,(H,31,34)/t20-/m0/s1. The second kappa shape index (κ2) is 10.6. The third-order valence-electron chi connectivity index (χ3n) is 5.05. The van der Waals surface area contributed by atoms with Gasteiger partial charge >= 0.3 is 17.1 Å². The first kappa shape index (κ1) is 27.6. The number of benzene rings is 2. The summed E-state index contributed by atoms with van der Waals surface area (Å²) in [5.74, 6) is -2.90. The monoisotopic (exact) mass is 578 g/mol. The third kappa shape index (κ3) is 6.05. The molecule has 1 atom stereocenters. The van der Waals surface area contributed by atoms with E-state index >= 15 is 8.78 Å². The Bertz CT molecular complexity index is 1350. The summed E-state index contributed by atoms with van der Waals surface area (Å²) >= 11 is 3.29. The summed E-state index contributed by atoms with van der Waals surface area (Å²) in [5, 5.41) is 8.76. The number of fused-ring (bicyclic) bond motifs is 1. The van der Waals surface area contributed by atoms with Crippen molar-refractivity contribution in [1.29, 1.82) is 5.26 Å². The molecule has 0 aliphatic heterocycles. The van der Waals surface area contributed by atoms with E-state index in [0.29, 0.717) is 26.6 Å². The normalized spacial score (nSPS) is 12.9. The van der Waals surface area contributed by atoms with Crippen molar-refractivity contribution >= 4 is 50.3 Å². The minimum atomic E-state index is -3.96. The fourth-order valence-electron chi connectivity index (χ4n) is 3.43. The van der Waals surface area contributed by atoms with Gasteiger partial charge in [-0.1, -0.05) is 38.1 Å². The van der Waals surface area contributed by atoms with E-state index in [1.54, 1.807) is 71.0 Å². The van der Waals surface area contributed by atoms with Crippen LogP contribution in [-0.2, 0) is 14.3 Å². The Kier molecular flexibility index (Phi) is 8.10. The number of aromatic nitrogens is 2. The number of rotatable bonds is 7. The van der Waals surface area contributed by atoms with Crippen molar-refractivity contribution in [2.24, 2.45) is 5.92 Å². The SMILES string of the molecule is CC(C)[C@H](NC(=O)C(F)(F)Sc1ncc(Br)n1-c1ccc(C#N)c2ccccc12)C(=O)OC(C)(C)C. The number of amides is 1. The lowest BCUT2D eigenvalue weighted by molar-refractivity contribution is -0.161. The van der Waals surface area contributed by atoms with Gasteiger partial charge in [0.25, 0.3) is 0 Å². The van der Waals surface area contributed by atoms with Crippen LogP contribution in [0.1, 0.15) is 40.2 Å². The molecule has 1 aromatic heterocycles. The highest BCUT2D eigenvalue weighted by atomic mass is 79.9. The second-order valence-electron chi connectivity index (χ2n) is 9.34. The van der Waals surface area contributed by atoms with Gasteiger partial charge in [-0.25, -0.2) is 9.78 Å². The van der Waals surface area contributed by atoms with E-state index in [1.165, 1.54) is 10.8 Å². The molecule has 0 saturated heterocycles. The molecule has 190 valence electrons. The van der Waals surface area contributed by atoms with E-state index in [4.69, 9.17) is 4.74 Å². The first-order valence-corrected chi connectivity index (χ1v) is 12.6. The minimum absolute atomic E-state index is 0.0473. The largest absolute Gasteiger partial charge is 0.458 e. The molecule has 0 radical (unpaired) electrons. The lowest BCUT2D eigenvalue weighted by atomic mass is 10.0. The summed E-state index contributed by atoms with van der Waals surface area (Å²) in [7, 11) is 0. The van der Waals surface area contributed by atoms with Crippen molar-refractivity contribution in [3.8, 4) is 11.8 Å². The Labute approximate surface area is 220 Å². The van der Waals surface area contributed by atoms with Crippen LogP contribution in [0.3, 0.4) is 0 Å². The zero-order chi connectivity index (χ0) is 26.8. The van der Waals surface area contributed by atoms with Gasteiger partial charge < -0.3 is 10.1 Å². The number of hydrogen-bond donors (Lipinski definition) is 1. The van der Waals surface area contributed by atoms with Crippen LogP contribution in [0, 0.1) is 17.2 Å². The fourth-order valence-corrected chi connectivity index (χ4v) is 4.78. The summed E-state index contributed by atoms with van der Waals surface area (Å²) in [6.07, 6.45) is 1.35. The highest BCUT2D eigenvalue weighted by molar-refractivity contribution is 9.10. The van der Waals surface area contributed by atoms with Crippen molar-refractivity contribution in [2.75, 3.05) is 0 Å². The van der Waals surface area contributed by atoms with Crippen LogP contribution in [-0.4, -0.2) is 38.3 Å². The number of nitrogens with zero attached hydrogens (tertiary/aromatic N) is 3. The summed E-state index contributed by atoms with van der Waals surface area (Å²) in [4.78, 5) is 29.2. The number of alkyl halides is 2. The summed E-state index contributed by atoms with van der Waals surface area (Å²) < 4.78 is 37.4. The van der Waals surface area contributed by atoms with Crippen molar-refractivity contribution in [3.05, 3.63) is 52.8 Å². The van der Waals surface area contributed by atoms with Crippen molar-refractivity contribution in [1.82, 2.24) is 14.9 Å². The number of imidazole rings is 1. The number of halogens is 3.